The van der Waals surface area contributed by atoms with Crippen molar-refractivity contribution in [3.05, 3.63) is 0 Å². The van der Waals surface area contributed by atoms with Gasteiger partial charge in [-0.25, -0.2) is 0 Å². The van der Waals surface area contributed by atoms with Crippen LogP contribution in [0.15, 0.2) is 0 Å². The van der Waals surface area contributed by atoms with Crippen molar-refractivity contribution >= 4 is 0 Å². The maximum Gasteiger partial charge on any atom is 0.143 e. The van der Waals surface area contributed by atoms with Gasteiger partial charge in [0.2, 0.25) is 0 Å². The van der Waals surface area contributed by atoms with Crippen molar-refractivity contribution in [2.75, 3.05) is 7.11 Å². The molecule has 9 heavy (non-hydrogen) atoms. The zero-order chi connectivity index (χ0) is 7.28. The molecule has 0 aromatic heterocycles. The van der Waals surface area contributed by atoms with Gasteiger partial charge in [0.25, 0.3) is 0 Å². The molecule has 0 N–H and O–H groups in total. The molecule has 0 rings (SSSR count). The molecule has 0 aromatic carbocycles. The summed E-state index contributed by atoms with van der Waals surface area (Å²) < 4.78 is 4.85. The zero-order valence-corrected chi connectivity index (χ0v) is 6.22. The van der Waals surface area contributed by atoms with Gasteiger partial charge in [0.15, 0.2) is 0 Å². The van der Waals surface area contributed by atoms with Gasteiger partial charge in [-0.2, -0.15) is 5.26 Å². The number of rotatable bonds is 3. The van der Waals surface area contributed by atoms with Crippen molar-refractivity contribution in [2.45, 2.75) is 26.4 Å². The van der Waals surface area contributed by atoms with Crippen LogP contribution in [0.3, 0.4) is 0 Å². The van der Waals surface area contributed by atoms with Crippen LogP contribution in [0.25, 0.3) is 0 Å². The van der Waals surface area contributed by atoms with Crippen molar-refractivity contribution in [3.63, 3.8) is 0 Å². The molecule has 2 nitrogen and oxygen atoms in total. The monoisotopic (exact) mass is 127 g/mol. The third-order valence-corrected chi connectivity index (χ3v) is 1.11. The molecule has 1 atom stereocenters. The first-order valence-electron chi connectivity index (χ1n) is 3.13. The quantitative estimate of drug-likeness (QED) is 0.576. The summed E-state index contributed by atoms with van der Waals surface area (Å²) in [7, 11) is 1.57. The summed E-state index contributed by atoms with van der Waals surface area (Å²) >= 11 is 0. The molecular weight excluding hydrogens is 114 g/mol. The van der Waals surface area contributed by atoms with Gasteiger partial charge in [-0.3, -0.25) is 0 Å². The van der Waals surface area contributed by atoms with Crippen LogP contribution in [0.4, 0.5) is 0 Å². The lowest BCUT2D eigenvalue weighted by molar-refractivity contribution is 0.128. The number of nitriles is 1. The minimum absolute atomic E-state index is 0.218. The highest BCUT2D eigenvalue weighted by molar-refractivity contribution is 4.83. The molecule has 0 fully saturated rings. The first-order valence-corrected chi connectivity index (χ1v) is 3.13. The zero-order valence-electron chi connectivity index (χ0n) is 6.22. The van der Waals surface area contributed by atoms with E-state index in [-0.39, 0.29) is 6.10 Å². The lowest BCUT2D eigenvalue weighted by Crippen LogP contribution is -2.10. The van der Waals surface area contributed by atoms with Gasteiger partial charge < -0.3 is 4.74 Å². The molecule has 0 saturated heterocycles. The van der Waals surface area contributed by atoms with E-state index in [0.29, 0.717) is 5.92 Å². The highest BCUT2D eigenvalue weighted by Crippen LogP contribution is 2.05. The van der Waals surface area contributed by atoms with Crippen LogP contribution >= 0.6 is 0 Å². The van der Waals surface area contributed by atoms with Crippen LogP contribution in [0.2, 0.25) is 0 Å². The maximum absolute atomic E-state index is 8.40. The van der Waals surface area contributed by atoms with Crippen molar-refractivity contribution in [1.29, 1.82) is 5.26 Å². The third-order valence-electron chi connectivity index (χ3n) is 1.11. The van der Waals surface area contributed by atoms with Crippen molar-refractivity contribution in [1.82, 2.24) is 0 Å². The Morgan fingerprint density at radius 1 is 1.56 bits per heavy atom. The lowest BCUT2D eigenvalue weighted by Gasteiger charge is -2.07. The normalized spacial score (nSPS) is 13.2. The predicted molar refractivity (Wildman–Crippen MR) is 35.9 cm³/mol. The summed E-state index contributed by atoms with van der Waals surface area (Å²) in [5, 5.41) is 8.40. The summed E-state index contributed by atoms with van der Waals surface area (Å²) in [4.78, 5) is 0. The second kappa shape index (κ2) is 4.34. The van der Waals surface area contributed by atoms with E-state index in [1.807, 2.05) is 0 Å². The molecule has 0 amide bonds. The Bertz CT molecular complexity index is 104. The van der Waals surface area contributed by atoms with Gasteiger partial charge in [-0.05, 0) is 12.3 Å². The Morgan fingerprint density at radius 2 is 2.11 bits per heavy atom. The minimum atomic E-state index is -0.218. The van der Waals surface area contributed by atoms with E-state index in [1.165, 1.54) is 0 Å². The fourth-order valence-corrected chi connectivity index (χ4v) is 0.630. The van der Waals surface area contributed by atoms with Gasteiger partial charge >= 0.3 is 0 Å². The van der Waals surface area contributed by atoms with Gasteiger partial charge in [-0.15, -0.1) is 0 Å². The van der Waals surface area contributed by atoms with E-state index in [9.17, 15) is 0 Å². The standard InChI is InChI=1S/C7H13NO/c1-6(2)4-7(5-8)9-3/h6-7H,4H2,1-3H3. The molecule has 0 aromatic rings. The SMILES string of the molecule is COC(C#N)CC(C)C. The topological polar surface area (TPSA) is 33.0 Å². The lowest BCUT2D eigenvalue weighted by atomic mass is 10.1. The van der Waals surface area contributed by atoms with Gasteiger partial charge in [0.1, 0.15) is 6.10 Å². The third kappa shape index (κ3) is 3.99. The van der Waals surface area contributed by atoms with Crippen LogP contribution in [-0.4, -0.2) is 13.2 Å². The summed E-state index contributed by atoms with van der Waals surface area (Å²) in [6, 6.07) is 2.06. The van der Waals surface area contributed by atoms with Crippen LogP contribution in [0.1, 0.15) is 20.3 Å². The van der Waals surface area contributed by atoms with Crippen molar-refractivity contribution < 1.29 is 4.74 Å². The molecule has 1 unspecified atom stereocenters. The fourth-order valence-electron chi connectivity index (χ4n) is 0.630. The highest BCUT2D eigenvalue weighted by atomic mass is 16.5. The summed E-state index contributed by atoms with van der Waals surface area (Å²) in [5.41, 5.74) is 0. The smallest absolute Gasteiger partial charge is 0.143 e. The number of ether oxygens (including phenoxy) is 1. The summed E-state index contributed by atoms with van der Waals surface area (Å²) in [6.45, 7) is 4.15. The molecule has 0 aliphatic rings. The van der Waals surface area contributed by atoms with Crippen LogP contribution in [0, 0.1) is 17.2 Å². The molecular formula is C7H13NO. The summed E-state index contributed by atoms with van der Waals surface area (Å²) in [6.07, 6.45) is 0.609. The first-order chi connectivity index (χ1) is 4.20. The van der Waals surface area contributed by atoms with E-state index >= 15 is 0 Å². The Morgan fingerprint density at radius 3 is 2.22 bits per heavy atom. The second-order valence-corrected chi connectivity index (χ2v) is 2.48. The average Bonchev–Trinajstić information content (AvgIpc) is 1.82. The van der Waals surface area contributed by atoms with Crippen molar-refractivity contribution in [3.8, 4) is 6.07 Å². The Labute approximate surface area is 56.4 Å². The summed E-state index contributed by atoms with van der Waals surface area (Å²) in [5.74, 6) is 0.537. The second-order valence-electron chi connectivity index (χ2n) is 2.48. The average molecular weight is 127 g/mol. The molecule has 0 radical (unpaired) electrons. The minimum Gasteiger partial charge on any atom is -0.367 e. The number of methoxy groups -OCH3 is 1. The van der Waals surface area contributed by atoms with Crippen molar-refractivity contribution in [2.24, 2.45) is 5.92 Å². The fraction of sp³-hybridized carbons (Fsp3) is 0.857. The molecule has 0 heterocycles. The first kappa shape index (κ1) is 8.45. The molecule has 0 saturated carbocycles. The van der Waals surface area contributed by atoms with Gasteiger partial charge in [-0.1, -0.05) is 13.8 Å². The Hall–Kier alpha value is -0.550. The number of hydrogen-bond donors (Lipinski definition) is 0. The molecule has 0 bridgehead atoms. The van der Waals surface area contributed by atoms with Crippen LogP contribution in [-0.2, 0) is 4.74 Å². The van der Waals surface area contributed by atoms with Crippen LogP contribution in [0.5, 0.6) is 0 Å². The maximum atomic E-state index is 8.40. The van der Waals surface area contributed by atoms with Crippen LogP contribution < -0.4 is 0 Å². The van der Waals surface area contributed by atoms with E-state index in [1.54, 1.807) is 7.11 Å². The van der Waals surface area contributed by atoms with E-state index < -0.39 is 0 Å². The predicted octanol–water partition coefficient (Wildman–Crippen LogP) is 1.57. The van der Waals surface area contributed by atoms with Gasteiger partial charge in [0, 0.05) is 7.11 Å². The largest absolute Gasteiger partial charge is 0.367 e. The highest BCUT2D eigenvalue weighted by Gasteiger charge is 2.06. The molecule has 0 aliphatic heterocycles. The number of nitrogens with zero attached hydrogens (tertiary/aromatic N) is 1. The Balaban J connectivity index is 3.47. The molecule has 2 heteroatoms. The molecule has 0 spiro atoms. The van der Waals surface area contributed by atoms with Gasteiger partial charge in [0.05, 0.1) is 6.07 Å². The van der Waals surface area contributed by atoms with E-state index in [4.69, 9.17) is 10.00 Å². The van der Waals surface area contributed by atoms with E-state index in [0.717, 1.165) is 6.42 Å². The number of hydrogen-bond acceptors (Lipinski definition) is 2. The molecule has 52 valence electrons. The van der Waals surface area contributed by atoms with E-state index in [2.05, 4.69) is 19.9 Å². The Kier molecular flexibility index (Phi) is 4.08. The molecule has 0 aliphatic carbocycles.